The second kappa shape index (κ2) is 3.92. The van der Waals surface area contributed by atoms with Crippen molar-refractivity contribution >= 4 is 11.8 Å². The van der Waals surface area contributed by atoms with Crippen LogP contribution in [0, 0.1) is 11.8 Å². The average Bonchev–Trinajstić information content (AvgIpc) is 3.18. The van der Waals surface area contributed by atoms with Crippen LogP contribution in [-0.2, 0) is 0 Å². The minimum Gasteiger partial charge on any atom is -0.367 e. The monoisotopic (exact) mass is 218 g/mol. The second-order valence-corrected chi connectivity index (χ2v) is 4.86. The number of anilines is 2. The van der Waals surface area contributed by atoms with Gasteiger partial charge in [0.1, 0.15) is 5.82 Å². The van der Waals surface area contributed by atoms with E-state index < -0.39 is 0 Å². The smallest absolute Gasteiger partial charge is 0.224 e. The predicted molar refractivity (Wildman–Crippen MR) is 64.4 cm³/mol. The molecule has 1 aromatic rings. The van der Waals surface area contributed by atoms with Gasteiger partial charge in [0.15, 0.2) is 0 Å². The van der Waals surface area contributed by atoms with Crippen molar-refractivity contribution in [2.24, 2.45) is 11.8 Å². The molecule has 0 bridgehead atoms. The molecular formula is C12H18N4. The molecule has 0 spiro atoms. The van der Waals surface area contributed by atoms with Gasteiger partial charge in [0, 0.05) is 19.3 Å². The van der Waals surface area contributed by atoms with E-state index >= 15 is 0 Å². The Morgan fingerprint density at radius 2 is 1.94 bits per heavy atom. The molecule has 0 aromatic carbocycles. The van der Waals surface area contributed by atoms with E-state index in [4.69, 9.17) is 0 Å². The van der Waals surface area contributed by atoms with Gasteiger partial charge < -0.3 is 10.6 Å². The average molecular weight is 218 g/mol. The lowest BCUT2D eigenvalue weighted by atomic mass is 10.1. The maximum absolute atomic E-state index is 4.42. The topological polar surface area (TPSA) is 49.8 Å². The highest BCUT2D eigenvalue weighted by molar-refractivity contribution is 5.40. The van der Waals surface area contributed by atoms with Gasteiger partial charge in [0.2, 0.25) is 5.95 Å². The Morgan fingerprint density at radius 1 is 1.25 bits per heavy atom. The highest BCUT2D eigenvalue weighted by Crippen LogP contribution is 2.45. The molecule has 0 saturated heterocycles. The molecule has 86 valence electrons. The third-order valence-corrected chi connectivity index (χ3v) is 3.45. The van der Waals surface area contributed by atoms with Crippen LogP contribution in [0.4, 0.5) is 11.8 Å². The van der Waals surface area contributed by atoms with Crippen LogP contribution >= 0.6 is 0 Å². The van der Waals surface area contributed by atoms with Gasteiger partial charge in [0.25, 0.3) is 0 Å². The third-order valence-electron chi connectivity index (χ3n) is 3.45. The summed E-state index contributed by atoms with van der Waals surface area (Å²) in [5.74, 6) is 3.43. The van der Waals surface area contributed by atoms with Crippen molar-refractivity contribution < 1.29 is 0 Å². The van der Waals surface area contributed by atoms with Crippen LogP contribution in [0.2, 0.25) is 0 Å². The standard InChI is InChI=1S/C12H18N4/c1-13-12-14-7-6-10(16-12)15-11(8-2-3-8)9-4-5-9/h6-9,11H,2-5H2,1H3,(H2,13,14,15,16). The molecule has 2 saturated carbocycles. The lowest BCUT2D eigenvalue weighted by Gasteiger charge is -2.18. The molecule has 1 heterocycles. The summed E-state index contributed by atoms with van der Waals surface area (Å²) in [6.07, 6.45) is 7.35. The Bertz CT molecular complexity index is 359. The van der Waals surface area contributed by atoms with Crippen molar-refractivity contribution in [3.63, 3.8) is 0 Å². The molecule has 2 aliphatic carbocycles. The number of hydrogen-bond acceptors (Lipinski definition) is 4. The first-order valence-corrected chi connectivity index (χ1v) is 6.14. The number of nitrogens with zero attached hydrogens (tertiary/aromatic N) is 2. The molecule has 4 nitrogen and oxygen atoms in total. The highest BCUT2D eigenvalue weighted by Gasteiger charge is 2.41. The van der Waals surface area contributed by atoms with Gasteiger partial charge >= 0.3 is 0 Å². The molecule has 0 aliphatic heterocycles. The summed E-state index contributed by atoms with van der Waals surface area (Å²) >= 11 is 0. The molecule has 3 rings (SSSR count). The predicted octanol–water partition coefficient (Wildman–Crippen LogP) is 2.12. The van der Waals surface area contributed by atoms with Crippen molar-refractivity contribution in [2.45, 2.75) is 31.7 Å². The number of nitrogens with one attached hydrogen (secondary N) is 2. The van der Waals surface area contributed by atoms with Crippen molar-refractivity contribution in [3.8, 4) is 0 Å². The molecule has 2 fully saturated rings. The summed E-state index contributed by atoms with van der Waals surface area (Å²) in [5.41, 5.74) is 0. The Hall–Kier alpha value is -1.32. The normalized spacial score (nSPS) is 19.9. The van der Waals surface area contributed by atoms with Crippen molar-refractivity contribution in [3.05, 3.63) is 12.3 Å². The molecule has 2 aliphatic rings. The molecular weight excluding hydrogens is 200 g/mol. The maximum atomic E-state index is 4.42. The third kappa shape index (κ3) is 2.10. The summed E-state index contributed by atoms with van der Waals surface area (Å²) < 4.78 is 0. The lowest BCUT2D eigenvalue weighted by molar-refractivity contribution is 0.565. The van der Waals surface area contributed by atoms with Crippen LogP contribution in [-0.4, -0.2) is 23.1 Å². The number of rotatable bonds is 5. The van der Waals surface area contributed by atoms with Gasteiger partial charge in [-0.2, -0.15) is 4.98 Å². The Balaban J connectivity index is 1.70. The minimum absolute atomic E-state index is 0.652. The van der Waals surface area contributed by atoms with E-state index in [-0.39, 0.29) is 0 Å². The van der Waals surface area contributed by atoms with E-state index in [2.05, 4.69) is 20.6 Å². The molecule has 1 aromatic heterocycles. The van der Waals surface area contributed by atoms with Crippen molar-refractivity contribution in [2.75, 3.05) is 17.7 Å². The van der Waals surface area contributed by atoms with Crippen LogP contribution in [0.3, 0.4) is 0 Å². The summed E-state index contributed by atoms with van der Waals surface area (Å²) in [6, 6.07) is 2.61. The SMILES string of the molecule is CNc1nccc(NC(C2CC2)C2CC2)n1. The van der Waals surface area contributed by atoms with E-state index in [1.807, 2.05) is 13.1 Å². The molecule has 16 heavy (non-hydrogen) atoms. The van der Waals surface area contributed by atoms with Gasteiger partial charge in [-0.25, -0.2) is 4.98 Å². The van der Waals surface area contributed by atoms with Crippen molar-refractivity contribution in [1.29, 1.82) is 0 Å². The zero-order valence-electron chi connectivity index (χ0n) is 9.61. The first-order valence-electron chi connectivity index (χ1n) is 6.14. The van der Waals surface area contributed by atoms with E-state index in [1.54, 1.807) is 6.20 Å². The summed E-state index contributed by atoms with van der Waals surface area (Å²) in [6.45, 7) is 0. The van der Waals surface area contributed by atoms with Gasteiger partial charge in [-0.15, -0.1) is 0 Å². The fraction of sp³-hybridized carbons (Fsp3) is 0.667. The summed E-state index contributed by atoms with van der Waals surface area (Å²) in [5, 5.41) is 6.55. The molecule has 0 radical (unpaired) electrons. The van der Waals surface area contributed by atoms with Gasteiger partial charge in [0.05, 0.1) is 0 Å². The molecule has 0 amide bonds. The molecule has 0 unspecified atom stereocenters. The molecule has 4 heteroatoms. The largest absolute Gasteiger partial charge is 0.367 e. The van der Waals surface area contributed by atoms with Crippen LogP contribution in [0.5, 0.6) is 0 Å². The van der Waals surface area contributed by atoms with Crippen molar-refractivity contribution in [1.82, 2.24) is 9.97 Å². The second-order valence-electron chi connectivity index (χ2n) is 4.86. The number of hydrogen-bond donors (Lipinski definition) is 2. The first kappa shape index (κ1) is 9.87. The highest BCUT2D eigenvalue weighted by atomic mass is 15.1. The number of aromatic nitrogens is 2. The minimum atomic E-state index is 0.652. The summed E-state index contributed by atoms with van der Waals surface area (Å²) in [7, 11) is 1.85. The van der Waals surface area contributed by atoms with E-state index in [0.29, 0.717) is 12.0 Å². The van der Waals surface area contributed by atoms with Gasteiger partial charge in [-0.3, -0.25) is 0 Å². The fourth-order valence-electron chi connectivity index (χ4n) is 2.26. The molecule has 2 N–H and O–H groups in total. The van der Waals surface area contributed by atoms with Gasteiger partial charge in [-0.05, 0) is 43.6 Å². The Morgan fingerprint density at radius 3 is 2.50 bits per heavy atom. The Kier molecular flexibility index (Phi) is 2.42. The fourth-order valence-corrected chi connectivity index (χ4v) is 2.26. The Labute approximate surface area is 95.9 Å². The summed E-state index contributed by atoms with van der Waals surface area (Å²) in [4.78, 5) is 8.54. The van der Waals surface area contributed by atoms with Crippen LogP contribution in [0.15, 0.2) is 12.3 Å². The van der Waals surface area contributed by atoms with E-state index in [0.717, 1.165) is 17.7 Å². The lowest BCUT2D eigenvalue weighted by Crippen LogP contribution is -2.24. The zero-order chi connectivity index (χ0) is 11.0. The van der Waals surface area contributed by atoms with E-state index in [9.17, 15) is 0 Å². The zero-order valence-corrected chi connectivity index (χ0v) is 9.61. The van der Waals surface area contributed by atoms with Crippen LogP contribution < -0.4 is 10.6 Å². The molecule has 0 atom stereocenters. The van der Waals surface area contributed by atoms with E-state index in [1.165, 1.54) is 25.7 Å². The quantitative estimate of drug-likeness (QED) is 0.794. The van der Waals surface area contributed by atoms with Crippen LogP contribution in [0.25, 0.3) is 0 Å². The van der Waals surface area contributed by atoms with Gasteiger partial charge in [-0.1, -0.05) is 0 Å². The van der Waals surface area contributed by atoms with Crippen LogP contribution in [0.1, 0.15) is 25.7 Å². The first-order chi connectivity index (χ1) is 7.86. The maximum Gasteiger partial charge on any atom is 0.224 e.